The number of hydrogen-bond acceptors (Lipinski definition) is 4. The first kappa shape index (κ1) is 27.6. The molecule has 0 aliphatic carbocycles. The third-order valence-electron chi connectivity index (χ3n) is 6.88. The summed E-state index contributed by atoms with van der Waals surface area (Å²) in [5.74, 6) is -0.411. The van der Waals surface area contributed by atoms with Crippen molar-refractivity contribution in [3.05, 3.63) is 95.1 Å². The Kier molecular flexibility index (Phi) is 8.10. The first-order valence-electron chi connectivity index (χ1n) is 12.2. The van der Waals surface area contributed by atoms with E-state index in [2.05, 4.69) is 5.32 Å². The maximum absolute atomic E-state index is 13.8. The molecule has 10 heteroatoms. The quantitative estimate of drug-likeness (QED) is 0.364. The number of rotatable bonds is 8. The molecule has 38 heavy (non-hydrogen) atoms. The summed E-state index contributed by atoms with van der Waals surface area (Å²) >= 11 is 0. The lowest BCUT2D eigenvalue weighted by Crippen LogP contribution is -2.31. The summed E-state index contributed by atoms with van der Waals surface area (Å²) < 4.78 is 76.3. The number of anilines is 1. The molecule has 202 valence electrons. The van der Waals surface area contributed by atoms with Gasteiger partial charge in [-0.2, -0.15) is 13.2 Å². The van der Waals surface area contributed by atoms with Crippen LogP contribution in [-0.4, -0.2) is 39.3 Å². The van der Waals surface area contributed by atoms with Crippen molar-refractivity contribution >= 4 is 21.4 Å². The minimum atomic E-state index is -4.40. The van der Waals surface area contributed by atoms with E-state index in [1.54, 1.807) is 43.3 Å². The van der Waals surface area contributed by atoms with Crippen molar-refractivity contribution in [1.29, 1.82) is 0 Å². The lowest BCUT2D eigenvalue weighted by molar-refractivity contribution is -0.137. The van der Waals surface area contributed by atoms with Crippen LogP contribution in [0.2, 0.25) is 0 Å². The normalized spacial score (nSPS) is 18.0. The van der Waals surface area contributed by atoms with Crippen molar-refractivity contribution in [3.8, 4) is 0 Å². The van der Waals surface area contributed by atoms with Crippen LogP contribution >= 0.6 is 0 Å². The Morgan fingerprint density at radius 2 is 1.61 bits per heavy atom. The van der Waals surface area contributed by atoms with Gasteiger partial charge in [-0.05, 0) is 66.1 Å². The Morgan fingerprint density at radius 3 is 2.16 bits per heavy atom. The van der Waals surface area contributed by atoms with Crippen molar-refractivity contribution in [3.63, 3.8) is 0 Å². The highest BCUT2D eigenvalue weighted by Gasteiger charge is 2.34. The minimum Gasteiger partial charge on any atom is -0.365 e. The molecule has 1 saturated heterocycles. The average Bonchev–Trinajstić information content (AvgIpc) is 3.36. The molecule has 0 saturated carbocycles. The maximum atomic E-state index is 13.8. The van der Waals surface area contributed by atoms with Gasteiger partial charge in [0.05, 0.1) is 22.3 Å². The zero-order chi connectivity index (χ0) is 27.5. The van der Waals surface area contributed by atoms with E-state index in [0.717, 1.165) is 28.9 Å². The van der Waals surface area contributed by atoms with Crippen molar-refractivity contribution in [1.82, 2.24) is 5.32 Å². The monoisotopic (exact) mass is 548 g/mol. The third kappa shape index (κ3) is 6.18. The molecular weight excluding hydrogens is 520 g/mol. The molecule has 0 bridgehead atoms. The summed E-state index contributed by atoms with van der Waals surface area (Å²) in [6, 6.07) is 17.7. The number of nitrogens with one attached hydrogen (secondary N) is 1. The molecule has 1 unspecified atom stereocenters. The van der Waals surface area contributed by atoms with Gasteiger partial charge in [-0.15, -0.1) is 0 Å². The van der Waals surface area contributed by atoms with E-state index in [1.165, 1.54) is 24.3 Å². The van der Waals surface area contributed by atoms with Gasteiger partial charge < -0.3 is 10.2 Å². The average molecular weight is 549 g/mol. The van der Waals surface area contributed by atoms with Crippen LogP contribution in [0.4, 0.5) is 23.2 Å². The Balaban J connectivity index is 1.38. The highest BCUT2D eigenvalue weighted by atomic mass is 32.2. The predicted octanol–water partition coefficient (Wildman–Crippen LogP) is 5.76. The largest absolute Gasteiger partial charge is 0.416 e. The molecule has 2 atom stereocenters. The summed E-state index contributed by atoms with van der Waals surface area (Å²) in [6.45, 7) is 1.65. The second-order valence-electron chi connectivity index (χ2n) is 9.29. The van der Waals surface area contributed by atoms with Gasteiger partial charge in [-0.1, -0.05) is 31.2 Å². The fourth-order valence-corrected chi connectivity index (χ4v) is 5.52. The van der Waals surface area contributed by atoms with Gasteiger partial charge in [0.1, 0.15) is 6.67 Å². The number of nitrogens with zero attached hydrogens (tertiary/aromatic N) is 1. The predicted molar refractivity (Wildman–Crippen MR) is 138 cm³/mol. The van der Waals surface area contributed by atoms with Gasteiger partial charge >= 0.3 is 6.18 Å². The van der Waals surface area contributed by atoms with E-state index >= 15 is 0 Å². The molecule has 0 spiro atoms. The highest BCUT2D eigenvalue weighted by molar-refractivity contribution is 7.91. The molecule has 5 nitrogen and oxygen atoms in total. The molecule has 1 aliphatic rings. The fourth-order valence-electron chi connectivity index (χ4n) is 4.63. The lowest BCUT2D eigenvalue weighted by atomic mass is 9.95. The summed E-state index contributed by atoms with van der Waals surface area (Å²) in [7, 11) is -3.29. The molecule has 3 aromatic carbocycles. The lowest BCUT2D eigenvalue weighted by Gasteiger charge is -2.25. The van der Waals surface area contributed by atoms with Crippen LogP contribution < -0.4 is 10.2 Å². The molecule has 0 aromatic heterocycles. The van der Waals surface area contributed by atoms with Crippen molar-refractivity contribution < 1.29 is 30.8 Å². The molecule has 1 amide bonds. The third-order valence-corrected chi connectivity index (χ3v) is 8.63. The molecule has 1 heterocycles. The van der Waals surface area contributed by atoms with E-state index in [9.17, 15) is 30.8 Å². The van der Waals surface area contributed by atoms with Crippen LogP contribution in [0.1, 0.15) is 46.3 Å². The molecule has 1 aliphatic heterocycles. The number of benzene rings is 3. The summed E-state index contributed by atoms with van der Waals surface area (Å²) in [4.78, 5) is 14.7. The van der Waals surface area contributed by atoms with E-state index in [1.807, 2.05) is 4.90 Å². The molecule has 4 rings (SSSR count). The van der Waals surface area contributed by atoms with Gasteiger partial charge in [-0.25, -0.2) is 12.8 Å². The second-order valence-corrected chi connectivity index (χ2v) is 11.6. The van der Waals surface area contributed by atoms with Crippen LogP contribution in [0.3, 0.4) is 0 Å². The molecule has 3 aromatic rings. The van der Waals surface area contributed by atoms with E-state index in [0.29, 0.717) is 18.5 Å². The number of carbonyl (C=O) groups excluding carboxylic acids is 1. The Labute approximate surface area is 219 Å². The van der Waals surface area contributed by atoms with Crippen LogP contribution in [0.5, 0.6) is 0 Å². The summed E-state index contributed by atoms with van der Waals surface area (Å²) in [5.41, 5.74) is 1.91. The fraction of sp³-hybridized carbons (Fsp3) is 0.321. The number of halogens is 4. The van der Waals surface area contributed by atoms with E-state index in [4.69, 9.17) is 0 Å². The number of hydrogen-bond donors (Lipinski definition) is 1. The first-order valence-corrected chi connectivity index (χ1v) is 13.9. The van der Waals surface area contributed by atoms with Crippen LogP contribution in [0, 0.1) is 0 Å². The Morgan fingerprint density at radius 1 is 0.974 bits per heavy atom. The van der Waals surface area contributed by atoms with E-state index in [-0.39, 0.29) is 29.0 Å². The first-order chi connectivity index (χ1) is 18.0. The second kappa shape index (κ2) is 11.1. The smallest absolute Gasteiger partial charge is 0.365 e. The van der Waals surface area contributed by atoms with Gasteiger partial charge in [0.15, 0.2) is 9.84 Å². The van der Waals surface area contributed by atoms with Crippen molar-refractivity contribution in [2.24, 2.45) is 0 Å². The van der Waals surface area contributed by atoms with Crippen molar-refractivity contribution in [2.75, 3.05) is 23.9 Å². The van der Waals surface area contributed by atoms with Gasteiger partial charge in [0.2, 0.25) is 0 Å². The topological polar surface area (TPSA) is 66.5 Å². The highest BCUT2D eigenvalue weighted by Crippen LogP contribution is 2.37. The molecule has 1 N–H and O–H groups in total. The summed E-state index contributed by atoms with van der Waals surface area (Å²) in [5, 5.41) is 2.80. The van der Waals surface area contributed by atoms with Crippen molar-refractivity contribution in [2.45, 2.75) is 42.9 Å². The van der Waals surface area contributed by atoms with E-state index < -0.39 is 34.3 Å². The molecule has 1 fully saturated rings. The number of alkyl halides is 4. The molecule has 0 radical (unpaired) electrons. The van der Waals surface area contributed by atoms with Crippen LogP contribution in [0.15, 0.2) is 77.7 Å². The number of amides is 1. The Hall–Kier alpha value is -3.40. The van der Waals surface area contributed by atoms with Gasteiger partial charge in [0, 0.05) is 30.3 Å². The Bertz CT molecular complexity index is 1360. The molecular formula is C28H28F4N2O3S. The van der Waals surface area contributed by atoms with Crippen LogP contribution in [-0.2, 0) is 22.6 Å². The zero-order valence-corrected chi connectivity index (χ0v) is 21.5. The number of sulfone groups is 1. The SMILES string of the molecule is CCS(=O)(=O)c1ccc(CNC(=O)c2ccc(N3CC(c4ccc(C(F)(F)F)cc4)C[C@H]3CF)cc2)cc1. The standard InChI is InChI=1S/C28H28F4N2O3S/c1-2-38(36,37)26-13-3-19(4-14-26)17-33-27(35)21-7-11-24(12-8-21)34-18-22(15-25(34)16-29)20-5-9-23(10-6-20)28(30,31)32/h3-14,22,25H,2,15-18H2,1H3,(H,33,35)/t22?,25-/m0/s1. The zero-order valence-electron chi connectivity index (χ0n) is 20.7. The summed E-state index contributed by atoms with van der Waals surface area (Å²) in [6.07, 6.45) is -3.93. The number of carbonyl (C=O) groups is 1. The van der Waals surface area contributed by atoms with Crippen LogP contribution in [0.25, 0.3) is 0 Å². The minimum absolute atomic E-state index is 0.0122. The maximum Gasteiger partial charge on any atom is 0.416 e. The van der Waals surface area contributed by atoms with Gasteiger partial charge in [-0.3, -0.25) is 4.79 Å². The van der Waals surface area contributed by atoms with Gasteiger partial charge in [0.25, 0.3) is 5.91 Å².